The topological polar surface area (TPSA) is 24.9 Å². The minimum atomic E-state index is 0.710. The molecule has 1 N–H and O–H groups in total. The predicted molar refractivity (Wildman–Crippen MR) is 67.7 cm³/mol. The zero-order valence-electron chi connectivity index (χ0n) is 10.2. The highest BCUT2D eigenvalue weighted by atomic mass is 32.1. The molecular weight excluding hydrogens is 216 g/mol. The van der Waals surface area contributed by atoms with Crippen LogP contribution in [0.15, 0.2) is 0 Å². The van der Waals surface area contributed by atoms with Crippen LogP contribution in [0.3, 0.4) is 0 Å². The maximum Gasteiger partial charge on any atom is 0.107 e. The zero-order valence-corrected chi connectivity index (χ0v) is 11.0. The number of aryl methyl sites for hydroxylation is 2. The fourth-order valence-corrected chi connectivity index (χ4v) is 3.52. The van der Waals surface area contributed by atoms with E-state index in [4.69, 9.17) is 0 Å². The second-order valence-electron chi connectivity index (χ2n) is 5.49. The summed E-state index contributed by atoms with van der Waals surface area (Å²) in [4.78, 5) is 5.93. The Morgan fingerprint density at radius 1 is 1.38 bits per heavy atom. The second-order valence-corrected chi connectivity index (χ2v) is 6.78. The van der Waals surface area contributed by atoms with Gasteiger partial charge in [0.15, 0.2) is 0 Å². The van der Waals surface area contributed by atoms with Crippen molar-refractivity contribution < 1.29 is 0 Å². The Morgan fingerprint density at radius 2 is 2.12 bits per heavy atom. The summed E-state index contributed by atoms with van der Waals surface area (Å²) in [5.41, 5.74) is 1.91. The molecule has 0 bridgehead atoms. The molecule has 0 amide bonds. The van der Waals surface area contributed by atoms with Crippen LogP contribution in [0.1, 0.15) is 41.3 Å². The third kappa shape index (κ3) is 2.03. The van der Waals surface area contributed by atoms with Gasteiger partial charge in [-0.25, -0.2) is 4.98 Å². The van der Waals surface area contributed by atoms with Crippen LogP contribution in [-0.4, -0.2) is 11.5 Å². The second kappa shape index (κ2) is 3.81. The van der Waals surface area contributed by atoms with E-state index in [1.807, 2.05) is 11.3 Å². The van der Waals surface area contributed by atoms with E-state index in [9.17, 15) is 0 Å². The molecule has 3 rings (SSSR count). The number of aromatic nitrogens is 1. The van der Waals surface area contributed by atoms with Gasteiger partial charge in [-0.15, -0.1) is 11.3 Å². The first-order chi connectivity index (χ1) is 7.70. The van der Waals surface area contributed by atoms with Gasteiger partial charge >= 0.3 is 0 Å². The Morgan fingerprint density at radius 3 is 2.62 bits per heavy atom. The van der Waals surface area contributed by atoms with E-state index in [1.165, 1.54) is 47.8 Å². The molecule has 0 aliphatic heterocycles. The summed E-state index contributed by atoms with van der Waals surface area (Å²) in [6.07, 6.45) is 5.88. The lowest BCUT2D eigenvalue weighted by Gasteiger charge is -2.13. The molecule has 2 saturated carbocycles. The third-order valence-corrected chi connectivity index (χ3v) is 5.23. The molecule has 2 nitrogen and oxygen atoms in total. The van der Waals surface area contributed by atoms with Crippen LogP contribution >= 0.6 is 11.3 Å². The normalized spacial score (nSPS) is 22.4. The average Bonchev–Trinajstić information content (AvgIpc) is 3.11. The first-order valence-corrected chi connectivity index (χ1v) is 7.15. The highest BCUT2D eigenvalue weighted by molar-refractivity contribution is 7.11. The number of rotatable bonds is 5. The minimum absolute atomic E-state index is 0.710. The SMILES string of the molecule is Cc1nc(CNCC2(C3CC3)CC2)sc1C. The predicted octanol–water partition coefficient (Wildman–Crippen LogP) is 3.04. The van der Waals surface area contributed by atoms with Gasteiger partial charge in [-0.1, -0.05) is 0 Å². The van der Waals surface area contributed by atoms with E-state index in [1.54, 1.807) is 0 Å². The molecule has 0 spiro atoms. The van der Waals surface area contributed by atoms with Gasteiger partial charge < -0.3 is 5.32 Å². The van der Waals surface area contributed by atoms with Gasteiger partial charge in [-0.3, -0.25) is 0 Å². The minimum Gasteiger partial charge on any atom is -0.310 e. The summed E-state index contributed by atoms with van der Waals surface area (Å²) >= 11 is 1.84. The van der Waals surface area contributed by atoms with Crippen molar-refractivity contribution in [1.82, 2.24) is 10.3 Å². The quantitative estimate of drug-likeness (QED) is 0.850. The Balaban J connectivity index is 1.49. The van der Waals surface area contributed by atoms with E-state index in [-0.39, 0.29) is 0 Å². The number of nitrogens with one attached hydrogen (secondary N) is 1. The molecule has 16 heavy (non-hydrogen) atoms. The first-order valence-electron chi connectivity index (χ1n) is 6.33. The number of hydrogen-bond donors (Lipinski definition) is 1. The van der Waals surface area contributed by atoms with Crippen LogP contribution in [0.5, 0.6) is 0 Å². The number of nitrogens with zero attached hydrogens (tertiary/aromatic N) is 1. The number of hydrogen-bond acceptors (Lipinski definition) is 3. The average molecular weight is 236 g/mol. The van der Waals surface area contributed by atoms with Crippen LogP contribution in [-0.2, 0) is 6.54 Å². The molecule has 0 unspecified atom stereocenters. The summed E-state index contributed by atoms with van der Waals surface area (Å²) in [6, 6.07) is 0. The van der Waals surface area contributed by atoms with Crippen molar-refractivity contribution in [3.8, 4) is 0 Å². The first kappa shape index (κ1) is 10.7. The monoisotopic (exact) mass is 236 g/mol. The van der Waals surface area contributed by atoms with E-state index < -0.39 is 0 Å². The molecule has 2 aliphatic carbocycles. The van der Waals surface area contributed by atoms with E-state index in [0.29, 0.717) is 5.41 Å². The van der Waals surface area contributed by atoms with Crippen LogP contribution in [0.25, 0.3) is 0 Å². The fourth-order valence-electron chi connectivity index (χ4n) is 2.62. The molecule has 88 valence electrons. The van der Waals surface area contributed by atoms with Gasteiger partial charge in [-0.05, 0) is 50.9 Å². The van der Waals surface area contributed by atoms with Crippen molar-refractivity contribution in [1.29, 1.82) is 0 Å². The molecule has 2 fully saturated rings. The van der Waals surface area contributed by atoms with Crippen molar-refractivity contribution in [3.63, 3.8) is 0 Å². The molecular formula is C13H20N2S. The molecule has 0 radical (unpaired) electrons. The molecule has 1 aromatic heterocycles. The van der Waals surface area contributed by atoms with Gasteiger partial charge in [0.25, 0.3) is 0 Å². The van der Waals surface area contributed by atoms with Gasteiger partial charge in [0, 0.05) is 18.0 Å². The summed E-state index contributed by atoms with van der Waals surface area (Å²) in [7, 11) is 0. The summed E-state index contributed by atoms with van der Waals surface area (Å²) < 4.78 is 0. The van der Waals surface area contributed by atoms with Crippen molar-refractivity contribution in [2.75, 3.05) is 6.54 Å². The van der Waals surface area contributed by atoms with Crippen LogP contribution in [0.2, 0.25) is 0 Å². The van der Waals surface area contributed by atoms with Crippen LogP contribution < -0.4 is 5.32 Å². The maximum atomic E-state index is 4.57. The Hall–Kier alpha value is -0.410. The third-order valence-electron chi connectivity index (χ3n) is 4.16. The standard InChI is InChI=1S/C13H20N2S/c1-9-10(2)16-12(15-9)7-14-8-13(5-6-13)11-3-4-11/h11,14H,3-8H2,1-2H3. The molecule has 2 aliphatic rings. The lowest BCUT2D eigenvalue weighted by Crippen LogP contribution is -2.24. The lowest BCUT2D eigenvalue weighted by atomic mass is 10.0. The molecule has 1 heterocycles. The highest BCUT2D eigenvalue weighted by Gasteiger charge is 2.53. The Bertz CT molecular complexity index is 369. The van der Waals surface area contributed by atoms with Crippen LogP contribution in [0.4, 0.5) is 0 Å². The largest absolute Gasteiger partial charge is 0.310 e. The van der Waals surface area contributed by atoms with Crippen molar-refractivity contribution in [2.45, 2.75) is 46.1 Å². The highest BCUT2D eigenvalue weighted by Crippen LogP contribution is 2.60. The fraction of sp³-hybridized carbons (Fsp3) is 0.769. The van der Waals surface area contributed by atoms with Crippen molar-refractivity contribution in [3.05, 3.63) is 15.6 Å². The van der Waals surface area contributed by atoms with Crippen molar-refractivity contribution in [2.24, 2.45) is 11.3 Å². The van der Waals surface area contributed by atoms with Crippen molar-refractivity contribution >= 4 is 11.3 Å². The maximum absolute atomic E-state index is 4.57. The zero-order chi connectivity index (χ0) is 11.2. The Labute approximate surface area is 101 Å². The van der Waals surface area contributed by atoms with E-state index >= 15 is 0 Å². The molecule has 1 aromatic rings. The van der Waals surface area contributed by atoms with E-state index in [0.717, 1.165) is 12.5 Å². The Kier molecular flexibility index (Phi) is 2.55. The van der Waals surface area contributed by atoms with E-state index in [2.05, 4.69) is 24.1 Å². The van der Waals surface area contributed by atoms with Gasteiger partial charge in [0.1, 0.15) is 5.01 Å². The summed E-state index contributed by atoms with van der Waals surface area (Å²) in [5, 5.41) is 4.87. The molecule has 0 atom stereocenters. The smallest absolute Gasteiger partial charge is 0.107 e. The number of thiazole rings is 1. The van der Waals surface area contributed by atoms with Crippen LogP contribution in [0, 0.1) is 25.2 Å². The molecule has 0 aromatic carbocycles. The lowest BCUT2D eigenvalue weighted by molar-refractivity contribution is 0.403. The van der Waals surface area contributed by atoms with Gasteiger partial charge in [0.2, 0.25) is 0 Å². The van der Waals surface area contributed by atoms with Gasteiger partial charge in [-0.2, -0.15) is 0 Å². The van der Waals surface area contributed by atoms with Gasteiger partial charge in [0.05, 0.1) is 5.69 Å². The molecule has 0 saturated heterocycles. The summed E-state index contributed by atoms with van der Waals surface area (Å²) in [6.45, 7) is 6.44. The molecule has 3 heteroatoms. The summed E-state index contributed by atoms with van der Waals surface area (Å²) in [5.74, 6) is 1.06.